The van der Waals surface area contributed by atoms with Crippen molar-refractivity contribution in [3.8, 4) is 5.69 Å². The van der Waals surface area contributed by atoms with E-state index in [1.54, 1.807) is 29.1 Å². The fourth-order valence-corrected chi connectivity index (χ4v) is 3.78. The van der Waals surface area contributed by atoms with Crippen LogP contribution in [0, 0.1) is 0 Å². The number of nitrogens with zero attached hydrogens (tertiary/aromatic N) is 3. The molecule has 8 nitrogen and oxygen atoms in total. The number of benzene rings is 1. The molecule has 0 bridgehead atoms. The van der Waals surface area contributed by atoms with Crippen LogP contribution in [0.15, 0.2) is 48.8 Å². The minimum Gasteiger partial charge on any atom is -0.379 e. The van der Waals surface area contributed by atoms with Crippen LogP contribution in [-0.4, -0.2) is 32.8 Å². The summed E-state index contributed by atoms with van der Waals surface area (Å²) in [6.45, 7) is 0. The number of hydrogen-bond donors (Lipinski definition) is 4. The molecule has 1 amide bonds. The normalized spacial score (nSPS) is 18.7. The molecule has 0 spiro atoms. The number of aromatic nitrogens is 3. The molecular formula is C21H24ClN7O. The molecule has 30 heavy (non-hydrogen) atoms. The molecule has 2 aromatic heterocycles. The highest BCUT2D eigenvalue weighted by Crippen LogP contribution is 2.26. The van der Waals surface area contributed by atoms with Crippen molar-refractivity contribution in [2.24, 2.45) is 11.5 Å². The molecule has 1 fully saturated rings. The van der Waals surface area contributed by atoms with E-state index in [0.717, 1.165) is 37.1 Å². The number of anilines is 3. The van der Waals surface area contributed by atoms with Crippen molar-refractivity contribution in [3.05, 3.63) is 59.5 Å². The SMILES string of the molecule is NC(=O)c1ncc(N[C@@H]2CCCC[C@@H]2N)cc1Nc1ccn(-c2ccc(Cl)cc2)n1. The molecule has 0 aliphatic heterocycles. The van der Waals surface area contributed by atoms with Crippen molar-refractivity contribution >= 4 is 34.7 Å². The molecule has 0 saturated heterocycles. The molecule has 0 radical (unpaired) electrons. The third-order valence-corrected chi connectivity index (χ3v) is 5.49. The Labute approximate surface area is 179 Å². The molecule has 4 rings (SSSR count). The number of pyridine rings is 1. The first kappa shape index (κ1) is 20.2. The number of carbonyl (C=O) groups is 1. The molecule has 6 N–H and O–H groups in total. The summed E-state index contributed by atoms with van der Waals surface area (Å²) in [7, 11) is 0. The minimum atomic E-state index is -0.615. The summed E-state index contributed by atoms with van der Waals surface area (Å²) in [5.74, 6) is -0.0590. The fourth-order valence-electron chi connectivity index (χ4n) is 3.65. The van der Waals surface area contributed by atoms with Crippen molar-refractivity contribution in [3.63, 3.8) is 0 Å². The van der Waals surface area contributed by atoms with Gasteiger partial charge in [-0.1, -0.05) is 24.4 Å². The molecule has 3 aromatic rings. The summed E-state index contributed by atoms with van der Waals surface area (Å²) >= 11 is 5.95. The summed E-state index contributed by atoms with van der Waals surface area (Å²) < 4.78 is 1.71. The van der Waals surface area contributed by atoms with Crippen LogP contribution in [0.5, 0.6) is 0 Å². The van der Waals surface area contributed by atoms with Crippen molar-refractivity contribution in [2.75, 3.05) is 10.6 Å². The lowest BCUT2D eigenvalue weighted by Gasteiger charge is -2.30. The van der Waals surface area contributed by atoms with Crippen LogP contribution in [0.25, 0.3) is 5.69 Å². The van der Waals surface area contributed by atoms with Crippen LogP contribution in [-0.2, 0) is 0 Å². The summed E-state index contributed by atoms with van der Waals surface area (Å²) in [6, 6.07) is 11.2. The van der Waals surface area contributed by atoms with E-state index in [4.69, 9.17) is 23.1 Å². The van der Waals surface area contributed by atoms with Crippen molar-refractivity contribution < 1.29 is 4.79 Å². The maximum atomic E-state index is 11.9. The van der Waals surface area contributed by atoms with E-state index in [1.165, 1.54) is 0 Å². The second kappa shape index (κ2) is 8.73. The summed E-state index contributed by atoms with van der Waals surface area (Å²) in [6.07, 6.45) is 7.72. The Balaban J connectivity index is 1.56. The lowest BCUT2D eigenvalue weighted by Crippen LogP contribution is -2.42. The predicted molar refractivity (Wildman–Crippen MR) is 118 cm³/mol. The van der Waals surface area contributed by atoms with Gasteiger partial charge in [-0.3, -0.25) is 4.79 Å². The van der Waals surface area contributed by atoms with Gasteiger partial charge in [0.05, 0.1) is 23.3 Å². The van der Waals surface area contributed by atoms with Gasteiger partial charge >= 0.3 is 0 Å². The van der Waals surface area contributed by atoms with Gasteiger partial charge < -0.3 is 22.1 Å². The average molecular weight is 426 g/mol. The van der Waals surface area contributed by atoms with Crippen LogP contribution < -0.4 is 22.1 Å². The maximum Gasteiger partial charge on any atom is 0.269 e. The number of nitrogens with one attached hydrogen (secondary N) is 2. The van der Waals surface area contributed by atoms with E-state index in [9.17, 15) is 4.79 Å². The van der Waals surface area contributed by atoms with E-state index in [0.29, 0.717) is 16.5 Å². The fraction of sp³-hybridized carbons (Fsp3) is 0.286. The number of amides is 1. The molecule has 156 valence electrons. The Hall–Kier alpha value is -3.10. The molecule has 1 saturated carbocycles. The van der Waals surface area contributed by atoms with Crippen molar-refractivity contribution in [2.45, 2.75) is 37.8 Å². The number of nitrogens with two attached hydrogens (primary N) is 2. The first-order chi connectivity index (χ1) is 14.5. The van der Waals surface area contributed by atoms with E-state index in [2.05, 4.69) is 20.7 Å². The number of halogens is 1. The number of carbonyl (C=O) groups excluding carboxylic acids is 1. The Bertz CT molecular complexity index is 1030. The number of hydrogen-bond acceptors (Lipinski definition) is 6. The summed E-state index contributed by atoms with van der Waals surface area (Å²) in [5.41, 5.74) is 14.0. The molecule has 9 heteroatoms. The van der Waals surface area contributed by atoms with Gasteiger partial charge in [0.25, 0.3) is 5.91 Å². The van der Waals surface area contributed by atoms with E-state index in [1.807, 2.05) is 24.4 Å². The summed E-state index contributed by atoms with van der Waals surface area (Å²) in [4.78, 5) is 16.1. The van der Waals surface area contributed by atoms with Gasteiger partial charge in [0, 0.05) is 29.4 Å². The van der Waals surface area contributed by atoms with Crippen LogP contribution in [0.1, 0.15) is 36.2 Å². The van der Waals surface area contributed by atoms with Gasteiger partial charge in [0.15, 0.2) is 11.5 Å². The first-order valence-electron chi connectivity index (χ1n) is 9.90. The quantitative estimate of drug-likeness (QED) is 0.479. The second-order valence-corrected chi connectivity index (χ2v) is 7.87. The van der Waals surface area contributed by atoms with Gasteiger partial charge in [0.2, 0.25) is 0 Å². The summed E-state index contributed by atoms with van der Waals surface area (Å²) in [5, 5.41) is 11.8. The Morgan fingerprint density at radius 2 is 1.93 bits per heavy atom. The molecule has 0 unspecified atom stereocenters. The van der Waals surface area contributed by atoms with E-state index in [-0.39, 0.29) is 17.8 Å². The highest BCUT2D eigenvalue weighted by Gasteiger charge is 2.22. The van der Waals surface area contributed by atoms with Crippen LogP contribution in [0.2, 0.25) is 5.02 Å². The predicted octanol–water partition coefficient (Wildman–Crippen LogP) is 3.45. The number of rotatable bonds is 6. The lowest BCUT2D eigenvalue weighted by atomic mass is 9.91. The van der Waals surface area contributed by atoms with Gasteiger partial charge in [-0.05, 0) is 43.2 Å². The largest absolute Gasteiger partial charge is 0.379 e. The molecule has 1 aromatic carbocycles. The van der Waals surface area contributed by atoms with Crippen molar-refractivity contribution in [1.82, 2.24) is 14.8 Å². The van der Waals surface area contributed by atoms with E-state index < -0.39 is 5.91 Å². The molecule has 1 aliphatic rings. The third kappa shape index (κ3) is 4.55. The number of primary amides is 1. The first-order valence-corrected chi connectivity index (χ1v) is 10.3. The maximum absolute atomic E-state index is 11.9. The average Bonchev–Trinajstić information content (AvgIpc) is 3.19. The van der Waals surface area contributed by atoms with Gasteiger partial charge in [-0.2, -0.15) is 5.10 Å². The zero-order valence-electron chi connectivity index (χ0n) is 16.4. The molecular weight excluding hydrogens is 402 g/mol. The second-order valence-electron chi connectivity index (χ2n) is 7.43. The van der Waals surface area contributed by atoms with Gasteiger partial charge in [-0.15, -0.1) is 0 Å². The van der Waals surface area contributed by atoms with Crippen molar-refractivity contribution in [1.29, 1.82) is 0 Å². The van der Waals surface area contributed by atoms with Crippen LogP contribution in [0.3, 0.4) is 0 Å². The van der Waals surface area contributed by atoms with Crippen LogP contribution in [0.4, 0.5) is 17.2 Å². The third-order valence-electron chi connectivity index (χ3n) is 5.24. The van der Waals surface area contributed by atoms with Gasteiger partial charge in [0.1, 0.15) is 0 Å². The highest BCUT2D eigenvalue weighted by atomic mass is 35.5. The highest BCUT2D eigenvalue weighted by molar-refractivity contribution is 6.30. The lowest BCUT2D eigenvalue weighted by molar-refractivity contribution is 0.0996. The standard InChI is InChI=1S/C21H24ClN7O/c22-13-5-7-15(8-6-13)29-10-9-19(28-29)27-18-11-14(12-25-20(18)21(24)30)26-17-4-2-1-3-16(17)23/h5-12,16-17,26H,1-4,23H2,(H2,24,30)(H,27,28)/t16-,17+/m0/s1. The molecule has 2 heterocycles. The van der Waals surface area contributed by atoms with Crippen LogP contribution >= 0.6 is 11.6 Å². The minimum absolute atomic E-state index is 0.0982. The Morgan fingerprint density at radius 3 is 2.67 bits per heavy atom. The van der Waals surface area contributed by atoms with E-state index >= 15 is 0 Å². The topological polar surface area (TPSA) is 124 Å². The zero-order chi connectivity index (χ0) is 21.1. The smallest absolute Gasteiger partial charge is 0.269 e. The molecule has 1 aliphatic carbocycles. The monoisotopic (exact) mass is 425 g/mol. The molecule has 2 atom stereocenters. The Kier molecular flexibility index (Phi) is 5.87. The van der Waals surface area contributed by atoms with Gasteiger partial charge in [-0.25, -0.2) is 9.67 Å². The zero-order valence-corrected chi connectivity index (χ0v) is 17.1. The Morgan fingerprint density at radius 1 is 1.17 bits per heavy atom.